The van der Waals surface area contributed by atoms with Gasteiger partial charge in [0, 0.05) is 11.9 Å². The van der Waals surface area contributed by atoms with Crippen LogP contribution in [0.4, 0.5) is 0 Å². The van der Waals surface area contributed by atoms with Gasteiger partial charge in [-0.1, -0.05) is 50.2 Å². The Morgan fingerprint density at radius 1 is 1.18 bits per heavy atom. The van der Waals surface area contributed by atoms with Crippen LogP contribution in [-0.4, -0.2) is 49.5 Å². The summed E-state index contributed by atoms with van der Waals surface area (Å²) in [5.74, 6) is -0.989. The van der Waals surface area contributed by atoms with Crippen molar-refractivity contribution in [3.8, 4) is 0 Å². The number of aldehydes is 1. The molecule has 0 spiro atoms. The van der Waals surface area contributed by atoms with E-state index in [9.17, 15) is 18.0 Å². The summed E-state index contributed by atoms with van der Waals surface area (Å²) >= 11 is 0. The smallest absolute Gasteiger partial charge is 0.267 e. The number of guanidine groups is 1. The number of rotatable bonds is 11. The largest absolute Gasteiger partial charge is 0.370 e. The minimum atomic E-state index is -4.39. The summed E-state index contributed by atoms with van der Waals surface area (Å²) in [6, 6.07) is 9.41. The molecule has 9 nitrogen and oxygen atoms in total. The average Bonchev–Trinajstić information content (AvgIpc) is 2.74. The highest BCUT2D eigenvalue weighted by Gasteiger charge is 2.38. The number of hydrogen-bond donors (Lipinski definition) is 4. The lowest BCUT2D eigenvalue weighted by atomic mass is 10.0. The number of carbonyl (C=O) groups excluding carboxylic acids is 2. The number of amides is 1. The second-order valence-corrected chi connectivity index (χ2v) is 9.82. The first-order valence-electron chi connectivity index (χ1n) is 10.4. The topological polar surface area (TPSA) is 159 Å². The molecule has 2 atom stereocenters. The Labute approximate surface area is 200 Å². The summed E-state index contributed by atoms with van der Waals surface area (Å²) in [6.07, 6.45) is 1.11. The molecule has 0 fully saturated rings. The molecule has 6 N–H and O–H groups in total. The van der Waals surface area contributed by atoms with Crippen LogP contribution < -0.4 is 16.8 Å². The fraction of sp³-hybridized carbons (Fsp3) is 0.409. The highest BCUT2D eigenvalue weighted by Crippen LogP contribution is 2.28. The second kappa shape index (κ2) is 12.5. The molecule has 2 aromatic rings. The summed E-state index contributed by atoms with van der Waals surface area (Å²) in [6.45, 7) is 4.01. The Morgan fingerprint density at radius 3 is 2.42 bits per heavy atom. The molecular weight excluding hydrogens is 466 g/mol. The molecule has 2 rings (SSSR count). The zero-order valence-electron chi connectivity index (χ0n) is 18.7. The van der Waals surface area contributed by atoms with E-state index < -0.39 is 28.0 Å². The van der Waals surface area contributed by atoms with Gasteiger partial charge in [-0.25, -0.2) is 12.7 Å². The maximum atomic E-state index is 13.7. The third-order valence-corrected chi connectivity index (χ3v) is 6.88. The SMILES string of the molecule is CC(C)C[C@H](N)C(=O)N([C@H](C=O)CCCNC(=N)N)S(=O)(=O)c1cccc2ccccc12.Cl. The number of sulfonamides is 1. The van der Waals surface area contributed by atoms with E-state index in [0.29, 0.717) is 27.8 Å². The molecule has 0 aliphatic heterocycles. The van der Waals surface area contributed by atoms with Crippen molar-refractivity contribution in [2.24, 2.45) is 17.4 Å². The minimum Gasteiger partial charge on any atom is -0.370 e. The summed E-state index contributed by atoms with van der Waals surface area (Å²) in [5, 5.41) is 11.0. The predicted molar refractivity (Wildman–Crippen MR) is 132 cm³/mol. The molecule has 0 radical (unpaired) electrons. The van der Waals surface area contributed by atoms with E-state index in [-0.39, 0.29) is 48.6 Å². The third-order valence-electron chi connectivity index (χ3n) is 5.00. The molecule has 0 aromatic heterocycles. The van der Waals surface area contributed by atoms with Crippen molar-refractivity contribution in [3.05, 3.63) is 42.5 Å². The van der Waals surface area contributed by atoms with E-state index >= 15 is 0 Å². The average molecular weight is 498 g/mol. The van der Waals surface area contributed by atoms with Crippen LogP contribution in [0.25, 0.3) is 10.8 Å². The van der Waals surface area contributed by atoms with E-state index in [1.54, 1.807) is 36.4 Å². The van der Waals surface area contributed by atoms with Crippen molar-refractivity contribution in [1.29, 1.82) is 5.41 Å². The number of carbonyl (C=O) groups is 2. The van der Waals surface area contributed by atoms with Crippen LogP contribution >= 0.6 is 12.4 Å². The Kier molecular flexibility index (Phi) is 10.8. The Hall–Kier alpha value is -2.69. The zero-order valence-corrected chi connectivity index (χ0v) is 20.4. The molecule has 0 saturated carbocycles. The lowest BCUT2D eigenvalue weighted by molar-refractivity contribution is -0.132. The van der Waals surface area contributed by atoms with Crippen molar-refractivity contribution < 1.29 is 18.0 Å². The number of nitrogens with zero attached hydrogens (tertiary/aromatic N) is 1. The van der Waals surface area contributed by atoms with Gasteiger partial charge in [-0.15, -0.1) is 12.4 Å². The van der Waals surface area contributed by atoms with Crippen LogP contribution in [0.3, 0.4) is 0 Å². The Morgan fingerprint density at radius 2 is 1.82 bits per heavy atom. The zero-order chi connectivity index (χ0) is 23.9. The monoisotopic (exact) mass is 497 g/mol. The molecule has 0 heterocycles. The number of fused-ring (bicyclic) bond motifs is 1. The molecule has 11 heteroatoms. The minimum absolute atomic E-state index is 0. The van der Waals surface area contributed by atoms with Gasteiger partial charge in [0.25, 0.3) is 15.9 Å². The summed E-state index contributed by atoms with van der Waals surface area (Å²) in [7, 11) is -4.39. The summed E-state index contributed by atoms with van der Waals surface area (Å²) in [4.78, 5) is 25.2. The van der Waals surface area contributed by atoms with Crippen LogP contribution in [0.5, 0.6) is 0 Å². The van der Waals surface area contributed by atoms with Crippen molar-refractivity contribution in [1.82, 2.24) is 9.62 Å². The van der Waals surface area contributed by atoms with Crippen LogP contribution in [0, 0.1) is 11.3 Å². The quantitative estimate of drug-likeness (QED) is 0.160. The van der Waals surface area contributed by atoms with Gasteiger partial charge in [0.1, 0.15) is 12.3 Å². The van der Waals surface area contributed by atoms with Crippen molar-refractivity contribution in [2.75, 3.05) is 6.54 Å². The Balaban J connectivity index is 0.00000544. The van der Waals surface area contributed by atoms with Crippen LogP contribution in [-0.2, 0) is 19.6 Å². The first-order chi connectivity index (χ1) is 15.1. The highest BCUT2D eigenvalue weighted by atomic mass is 35.5. The van der Waals surface area contributed by atoms with Crippen molar-refractivity contribution in [2.45, 2.75) is 50.1 Å². The number of hydrogen-bond acceptors (Lipinski definition) is 6. The Bertz CT molecular complexity index is 1070. The fourth-order valence-corrected chi connectivity index (χ4v) is 5.34. The number of halogens is 1. The van der Waals surface area contributed by atoms with E-state index in [1.807, 2.05) is 13.8 Å². The number of nitrogens with one attached hydrogen (secondary N) is 2. The van der Waals surface area contributed by atoms with E-state index in [0.717, 1.165) is 0 Å². The van der Waals surface area contributed by atoms with Gasteiger partial charge in [0.2, 0.25) is 0 Å². The molecule has 0 saturated heterocycles. The predicted octanol–water partition coefficient (Wildman–Crippen LogP) is 1.98. The van der Waals surface area contributed by atoms with Gasteiger partial charge in [-0.2, -0.15) is 0 Å². The maximum Gasteiger partial charge on any atom is 0.267 e. The number of nitrogens with two attached hydrogens (primary N) is 2. The fourth-order valence-electron chi connectivity index (χ4n) is 3.53. The van der Waals surface area contributed by atoms with Crippen LogP contribution in [0.2, 0.25) is 0 Å². The van der Waals surface area contributed by atoms with Crippen LogP contribution in [0.15, 0.2) is 47.4 Å². The van der Waals surface area contributed by atoms with E-state index in [4.69, 9.17) is 16.9 Å². The molecular formula is C22H32ClN5O4S. The maximum absolute atomic E-state index is 13.7. The third kappa shape index (κ3) is 7.15. The van der Waals surface area contributed by atoms with Gasteiger partial charge >= 0.3 is 0 Å². The molecule has 2 aromatic carbocycles. The molecule has 182 valence electrons. The second-order valence-electron chi connectivity index (χ2n) is 8.04. The highest BCUT2D eigenvalue weighted by molar-refractivity contribution is 7.90. The van der Waals surface area contributed by atoms with Gasteiger partial charge in [-0.3, -0.25) is 10.2 Å². The first-order valence-corrected chi connectivity index (χ1v) is 11.9. The van der Waals surface area contributed by atoms with Crippen molar-refractivity contribution >= 4 is 51.4 Å². The molecule has 0 unspecified atom stereocenters. The lowest BCUT2D eigenvalue weighted by Crippen LogP contribution is -2.52. The lowest BCUT2D eigenvalue weighted by Gasteiger charge is -2.30. The molecule has 1 amide bonds. The van der Waals surface area contributed by atoms with Crippen LogP contribution in [0.1, 0.15) is 33.1 Å². The summed E-state index contributed by atoms with van der Waals surface area (Å²) in [5.41, 5.74) is 11.3. The van der Waals surface area contributed by atoms with E-state index in [2.05, 4.69) is 5.32 Å². The van der Waals surface area contributed by atoms with Gasteiger partial charge in [-0.05, 0) is 36.6 Å². The van der Waals surface area contributed by atoms with Gasteiger partial charge in [0.05, 0.1) is 10.9 Å². The molecule has 0 bridgehead atoms. The molecule has 0 aliphatic carbocycles. The van der Waals surface area contributed by atoms with Crippen molar-refractivity contribution in [3.63, 3.8) is 0 Å². The molecule has 33 heavy (non-hydrogen) atoms. The van der Waals surface area contributed by atoms with Gasteiger partial charge in [0.15, 0.2) is 5.96 Å². The first kappa shape index (κ1) is 28.3. The van der Waals surface area contributed by atoms with E-state index in [1.165, 1.54) is 6.07 Å². The normalized spacial score (nSPS) is 13.1. The van der Waals surface area contributed by atoms with Gasteiger partial charge < -0.3 is 21.6 Å². The standard InChI is InChI=1S/C22H31N5O4S.ClH/c1-15(2)13-19(23)21(29)27(17(14-28)9-6-12-26-22(24)25)32(30,31)20-11-5-8-16-7-3-4-10-18(16)20;/h3-5,7-8,10-11,14-15,17,19H,6,9,12-13,23H2,1-2H3,(H4,24,25,26);1H/t17-,19-;/m0./s1. The molecule has 0 aliphatic rings. The number of benzene rings is 2. The summed E-state index contributed by atoms with van der Waals surface area (Å²) < 4.78 is 28.1.